The van der Waals surface area contributed by atoms with E-state index in [0.29, 0.717) is 9.06 Å². The summed E-state index contributed by atoms with van der Waals surface area (Å²) in [7, 11) is 0.0259. The summed E-state index contributed by atoms with van der Waals surface area (Å²) in [6.45, 7) is 0.888. The molecule has 7 nitrogen and oxygen atoms in total. The van der Waals surface area contributed by atoms with Gasteiger partial charge in [0, 0.05) is 0 Å². The molecular formula is C18H23AsN3O4S2. The minimum absolute atomic E-state index is 0.161. The molecule has 0 saturated heterocycles. The van der Waals surface area contributed by atoms with E-state index >= 15 is 0 Å². The molecule has 0 aromatic heterocycles. The normalized spacial score (nSPS) is 13.3. The van der Waals surface area contributed by atoms with E-state index in [0.717, 1.165) is 29.7 Å². The van der Waals surface area contributed by atoms with E-state index in [9.17, 15) is 18.5 Å². The number of benzene rings is 2. The van der Waals surface area contributed by atoms with Gasteiger partial charge in [-0.25, -0.2) is 0 Å². The predicted octanol–water partition coefficient (Wildman–Crippen LogP) is 2.10. The van der Waals surface area contributed by atoms with Crippen LogP contribution in [0.2, 0.25) is 4.71 Å². The zero-order chi connectivity index (χ0) is 20.7. The van der Waals surface area contributed by atoms with E-state index in [4.69, 9.17) is 5.14 Å². The molecule has 1 atom stereocenters. The van der Waals surface area contributed by atoms with Crippen LogP contribution in [0.1, 0.15) is 6.42 Å². The number of nitro groups is 1. The van der Waals surface area contributed by atoms with Crippen LogP contribution in [0.15, 0.2) is 58.3 Å². The molecule has 0 heterocycles. The number of nitrogens with zero attached hydrogens (tertiary/aromatic N) is 2. The van der Waals surface area contributed by atoms with Crippen molar-refractivity contribution in [1.29, 1.82) is 0 Å². The Hall–Kier alpha value is -1.38. The number of sulfonamides is 1. The van der Waals surface area contributed by atoms with Gasteiger partial charge in [-0.15, -0.1) is 0 Å². The second-order valence-corrected chi connectivity index (χ2v) is 12.2. The van der Waals surface area contributed by atoms with Crippen molar-refractivity contribution in [2.24, 2.45) is 5.14 Å². The summed E-state index contributed by atoms with van der Waals surface area (Å²) in [5.74, 6) is 0.853. The van der Waals surface area contributed by atoms with Crippen molar-refractivity contribution in [3.63, 3.8) is 0 Å². The third kappa shape index (κ3) is 7.22. The molecule has 0 fully saturated rings. The van der Waals surface area contributed by atoms with Gasteiger partial charge in [0.15, 0.2) is 0 Å². The van der Waals surface area contributed by atoms with Crippen molar-refractivity contribution in [3.8, 4) is 0 Å². The Labute approximate surface area is 176 Å². The van der Waals surface area contributed by atoms with Gasteiger partial charge in [-0.2, -0.15) is 0 Å². The van der Waals surface area contributed by atoms with E-state index in [1.165, 1.54) is 6.07 Å². The molecule has 0 saturated carbocycles. The topological polar surface area (TPSA) is 107 Å². The summed E-state index contributed by atoms with van der Waals surface area (Å²) in [6, 6.07) is 14.0. The average molecular weight is 484 g/mol. The quantitative estimate of drug-likeness (QED) is 0.240. The summed E-state index contributed by atoms with van der Waals surface area (Å²) < 4.78 is 24.0. The Morgan fingerprint density at radius 2 is 1.89 bits per heavy atom. The maximum atomic E-state index is 11.5. The zero-order valence-corrected chi connectivity index (χ0v) is 19.2. The van der Waals surface area contributed by atoms with Gasteiger partial charge in [0.05, 0.1) is 0 Å². The minimum atomic E-state index is -3.98. The van der Waals surface area contributed by atoms with Crippen molar-refractivity contribution in [1.82, 2.24) is 4.90 Å². The monoisotopic (exact) mass is 484 g/mol. The summed E-state index contributed by atoms with van der Waals surface area (Å²) in [5.41, 5.74) is -0.161. The number of rotatable bonds is 10. The Kier molecular flexibility index (Phi) is 8.52. The Balaban J connectivity index is 2.22. The first-order valence-electron chi connectivity index (χ1n) is 8.51. The fourth-order valence-electron chi connectivity index (χ4n) is 2.43. The predicted molar refractivity (Wildman–Crippen MR) is 114 cm³/mol. The van der Waals surface area contributed by atoms with Crippen LogP contribution in [-0.2, 0) is 10.0 Å². The van der Waals surface area contributed by atoms with Gasteiger partial charge in [-0.1, -0.05) is 0 Å². The Bertz CT molecular complexity index is 908. The van der Waals surface area contributed by atoms with Gasteiger partial charge in [-0.3, -0.25) is 0 Å². The molecule has 0 aliphatic heterocycles. The molecule has 0 amide bonds. The Morgan fingerprint density at radius 1 is 1.21 bits per heavy atom. The SMILES string of the molecule is CN(C)CC[C@H](CSc1ccccc1)[As]c1ccc(S(N)(=O)=O)cc1[N+](=O)[O-]. The molecule has 10 heteroatoms. The molecule has 2 N–H and O–H groups in total. The van der Waals surface area contributed by atoms with Crippen LogP contribution in [0.5, 0.6) is 0 Å². The molecule has 1 radical (unpaired) electrons. The molecule has 151 valence electrons. The molecule has 28 heavy (non-hydrogen) atoms. The van der Waals surface area contributed by atoms with Crippen LogP contribution in [-0.4, -0.2) is 60.4 Å². The fourth-order valence-corrected chi connectivity index (χ4v) is 7.14. The van der Waals surface area contributed by atoms with Gasteiger partial charge in [0.25, 0.3) is 0 Å². The third-order valence-corrected chi connectivity index (χ3v) is 9.58. The molecule has 2 aromatic rings. The fraction of sp³-hybridized carbons (Fsp3) is 0.333. The standard InChI is InChI=1S/C18H23AsN3O4S2/c1-21(2)11-10-14(13-27-15-6-4-3-5-7-15)19-17-9-8-16(28(20,25)26)12-18(17)22(23)24/h3-9,12,14H,10-11,13H2,1-2H3,(H2,20,25,26)/t14-/m1/s1. The second-order valence-electron chi connectivity index (χ2n) is 6.45. The van der Waals surface area contributed by atoms with Crippen LogP contribution in [0.25, 0.3) is 0 Å². The van der Waals surface area contributed by atoms with Gasteiger partial charge in [0.2, 0.25) is 0 Å². The molecule has 0 aliphatic carbocycles. The van der Waals surface area contributed by atoms with Gasteiger partial charge < -0.3 is 0 Å². The van der Waals surface area contributed by atoms with Crippen molar-refractivity contribution in [2.75, 3.05) is 26.4 Å². The zero-order valence-electron chi connectivity index (χ0n) is 15.7. The van der Waals surface area contributed by atoms with E-state index in [1.807, 2.05) is 44.4 Å². The summed E-state index contributed by atoms with van der Waals surface area (Å²) >= 11 is 1.22. The van der Waals surface area contributed by atoms with Crippen LogP contribution in [0.3, 0.4) is 0 Å². The molecular weight excluding hydrogens is 461 g/mol. The number of hydrogen-bond acceptors (Lipinski definition) is 6. The number of hydrogen-bond donors (Lipinski definition) is 1. The van der Waals surface area contributed by atoms with Gasteiger partial charge >= 0.3 is 177 Å². The number of thioether (sulfide) groups is 1. The van der Waals surface area contributed by atoms with Crippen molar-refractivity contribution >= 4 is 47.6 Å². The molecule has 0 aliphatic rings. The molecule has 2 aromatic carbocycles. The van der Waals surface area contributed by atoms with Gasteiger partial charge in [0.1, 0.15) is 0 Å². The summed E-state index contributed by atoms with van der Waals surface area (Å²) in [4.78, 5) is 14.0. The maximum absolute atomic E-state index is 11.5. The van der Waals surface area contributed by atoms with E-state index < -0.39 is 30.7 Å². The van der Waals surface area contributed by atoms with E-state index in [2.05, 4.69) is 4.90 Å². The third-order valence-electron chi connectivity index (χ3n) is 3.89. The number of primary sulfonamides is 1. The molecule has 2 rings (SSSR count). The first-order chi connectivity index (χ1) is 13.2. The molecule has 0 spiro atoms. The van der Waals surface area contributed by atoms with Crippen molar-refractivity contribution in [3.05, 3.63) is 58.6 Å². The first-order valence-corrected chi connectivity index (χ1v) is 13.1. The Morgan fingerprint density at radius 3 is 2.46 bits per heavy atom. The summed E-state index contributed by atoms with van der Waals surface area (Å²) in [5, 5.41) is 16.6. The van der Waals surface area contributed by atoms with Crippen LogP contribution >= 0.6 is 11.8 Å². The van der Waals surface area contributed by atoms with E-state index in [-0.39, 0.29) is 10.6 Å². The number of nitro benzene ring substituents is 1. The number of nitrogens with two attached hydrogens (primary N) is 1. The van der Waals surface area contributed by atoms with Crippen LogP contribution in [0, 0.1) is 10.1 Å². The van der Waals surface area contributed by atoms with Crippen LogP contribution < -0.4 is 9.49 Å². The molecule has 0 bridgehead atoms. The van der Waals surface area contributed by atoms with Crippen molar-refractivity contribution < 1.29 is 13.3 Å². The van der Waals surface area contributed by atoms with Crippen molar-refractivity contribution in [2.45, 2.75) is 20.9 Å². The van der Waals surface area contributed by atoms with E-state index in [1.54, 1.807) is 17.8 Å². The second kappa shape index (κ2) is 10.4. The van der Waals surface area contributed by atoms with Crippen LogP contribution in [0.4, 0.5) is 5.69 Å². The summed E-state index contributed by atoms with van der Waals surface area (Å²) in [6.07, 6.45) is 0.918. The van der Waals surface area contributed by atoms with Gasteiger partial charge in [-0.05, 0) is 0 Å². The molecule has 0 unspecified atom stereocenters. The average Bonchev–Trinajstić information content (AvgIpc) is 2.63. The first kappa shape index (κ1) is 22.9.